The van der Waals surface area contributed by atoms with E-state index in [1.165, 1.54) is 12.1 Å². The first-order valence-electron chi connectivity index (χ1n) is 8.67. The molecule has 2 aromatic heterocycles. The summed E-state index contributed by atoms with van der Waals surface area (Å²) in [6.07, 6.45) is 0. The Bertz CT molecular complexity index is 1000. The molecule has 1 saturated heterocycles. The number of nitro benzene ring substituents is 1. The molecule has 8 nitrogen and oxygen atoms in total. The van der Waals surface area contributed by atoms with Gasteiger partial charge in [-0.25, -0.2) is 4.98 Å². The summed E-state index contributed by atoms with van der Waals surface area (Å²) in [5, 5.41) is 10.8. The van der Waals surface area contributed by atoms with Crippen LogP contribution in [0.1, 0.15) is 16.2 Å². The molecule has 0 saturated carbocycles. The molecule has 1 fully saturated rings. The summed E-state index contributed by atoms with van der Waals surface area (Å²) in [6.45, 7) is 4.31. The van der Waals surface area contributed by atoms with Gasteiger partial charge in [-0.3, -0.25) is 14.9 Å². The van der Waals surface area contributed by atoms with Gasteiger partial charge < -0.3 is 14.2 Å². The summed E-state index contributed by atoms with van der Waals surface area (Å²) < 4.78 is 5.65. The highest BCUT2D eigenvalue weighted by Crippen LogP contribution is 2.23. The van der Waals surface area contributed by atoms with Crippen LogP contribution in [0.5, 0.6) is 0 Å². The first-order chi connectivity index (χ1) is 13.0. The number of fused-ring (bicyclic) bond motifs is 1. The Kier molecular flexibility index (Phi) is 4.23. The minimum absolute atomic E-state index is 0.0706. The lowest BCUT2D eigenvalue weighted by molar-refractivity contribution is -0.384. The zero-order chi connectivity index (χ0) is 19.0. The van der Waals surface area contributed by atoms with Crippen molar-refractivity contribution in [3.8, 4) is 0 Å². The lowest BCUT2D eigenvalue weighted by atomic mass is 10.2. The number of non-ortho nitro benzene ring substituents is 1. The molecule has 0 unspecified atom stereocenters. The van der Waals surface area contributed by atoms with Crippen LogP contribution >= 0.6 is 0 Å². The summed E-state index contributed by atoms with van der Waals surface area (Å²) in [6, 6.07) is 11.8. The molecule has 0 atom stereocenters. The van der Waals surface area contributed by atoms with E-state index in [1.54, 1.807) is 23.1 Å². The van der Waals surface area contributed by atoms with Crippen molar-refractivity contribution >= 4 is 28.4 Å². The van der Waals surface area contributed by atoms with Crippen LogP contribution in [0.15, 0.2) is 46.9 Å². The molecule has 1 amide bonds. The molecule has 4 rings (SSSR count). The van der Waals surface area contributed by atoms with Crippen molar-refractivity contribution in [3.05, 3.63) is 64.0 Å². The van der Waals surface area contributed by atoms with E-state index in [1.807, 2.05) is 19.1 Å². The van der Waals surface area contributed by atoms with Gasteiger partial charge in [0, 0.05) is 55.8 Å². The number of amides is 1. The number of hydrogen-bond acceptors (Lipinski definition) is 6. The van der Waals surface area contributed by atoms with Gasteiger partial charge in [0.1, 0.15) is 5.52 Å². The minimum atomic E-state index is -0.413. The number of hydrogen-bond donors (Lipinski definition) is 0. The Morgan fingerprint density at radius 2 is 1.81 bits per heavy atom. The number of carbonyl (C=O) groups is 1. The van der Waals surface area contributed by atoms with Gasteiger partial charge in [0.2, 0.25) is 0 Å². The van der Waals surface area contributed by atoms with E-state index < -0.39 is 4.92 Å². The number of piperazine rings is 1. The number of furan rings is 1. The number of anilines is 1. The third kappa shape index (κ3) is 3.33. The number of carbonyl (C=O) groups excluding carboxylic acids is 1. The zero-order valence-corrected chi connectivity index (χ0v) is 14.8. The number of pyridine rings is 1. The third-order valence-corrected chi connectivity index (χ3v) is 4.72. The molecule has 0 N–H and O–H groups in total. The van der Waals surface area contributed by atoms with E-state index in [4.69, 9.17) is 4.42 Å². The average molecular weight is 366 g/mol. The Morgan fingerprint density at radius 3 is 2.48 bits per heavy atom. The minimum Gasteiger partial charge on any atom is -0.449 e. The Labute approximate surface area is 155 Å². The fourth-order valence-electron chi connectivity index (χ4n) is 3.24. The molecular formula is C19H18N4O4. The standard InChI is InChI=1S/C19H18N4O4/c1-13-2-7-17-16(20-13)12-18(27-17)19(24)22-10-8-21(9-11-22)14-3-5-15(6-4-14)23(25)26/h2-7,12H,8-11H2,1H3. The van der Waals surface area contributed by atoms with Crippen molar-refractivity contribution in [3.63, 3.8) is 0 Å². The van der Waals surface area contributed by atoms with E-state index in [2.05, 4.69) is 9.88 Å². The Morgan fingerprint density at radius 1 is 1.11 bits per heavy atom. The van der Waals surface area contributed by atoms with Crippen LogP contribution in [-0.2, 0) is 0 Å². The van der Waals surface area contributed by atoms with Crippen molar-refractivity contribution < 1.29 is 14.1 Å². The topological polar surface area (TPSA) is 92.7 Å². The second-order valence-electron chi connectivity index (χ2n) is 6.50. The molecule has 8 heteroatoms. The molecule has 1 aliphatic rings. The van der Waals surface area contributed by atoms with E-state index in [9.17, 15) is 14.9 Å². The molecule has 3 aromatic rings. The van der Waals surface area contributed by atoms with Crippen LogP contribution in [0.4, 0.5) is 11.4 Å². The molecule has 1 aromatic carbocycles. The number of aromatic nitrogens is 1. The number of aryl methyl sites for hydroxylation is 1. The van der Waals surface area contributed by atoms with E-state index in [0.717, 1.165) is 11.4 Å². The van der Waals surface area contributed by atoms with E-state index in [0.29, 0.717) is 43.0 Å². The summed E-state index contributed by atoms with van der Waals surface area (Å²) in [4.78, 5) is 31.3. The smallest absolute Gasteiger partial charge is 0.289 e. The maximum Gasteiger partial charge on any atom is 0.289 e. The molecular weight excluding hydrogens is 348 g/mol. The van der Waals surface area contributed by atoms with Gasteiger partial charge >= 0.3 is 0 Å². The average Bonchev–Trinajstić information content (AvgIpc) is 3.11. The fraction of sp³-hybridized carbons (Fsp3) is 0.263. The van der Waals surface area contributed by atoms with Gasteiger partial charge in [-0.15, -0.1) is 0 Å². The molecule has 0 radical (unpaired) electrons. The van der Waals surface area contributed by atoms with Crippen molar-refractivity contribution in [2.45, 2.75) is 6.92 Å². The van der Waals surface area contributed by atoms with Gasteiger partial charge in [-0.05, 0) is 31.2 Å². The molecule has 0 aliphatic carbocycles. The van der Waals surface area contributed by atoms with Crippen molar-refractivity contribution in [1.82, 2.24) is 9.88 Å². The second-order valence-corrected chi connectivity index (χ2v) is 6.50. The van der Waals surface area contributed by atoms with Crippen LogP contribution < -0.4 is 4.90 Å². The predicted molar refractivity (Wildman–Crippen MR) is 100.0 cm³/mol. The maximum absolute atomic E-state index is 12.7. The van der Waals surface area contributed by atoms with Gasteiger partial charge in [-0.1, -0.05) is 0 Å². The zero-order valence-electron chi connectivity index (χ0n) is 14.8. The lowest BCUT2D eigenvalue weighted by Crippen LogP contribution is -2.48. The van der Waals surface area contributed by atoms with Crippen LogP contribution in [0, 0.1) is 17.0 Å². The highest BCUT2D eigenvalue weighted by Gasteiger charge is 2.25. The number of benzene rings is 1. The molecule has 138 valence electrons. The van der Waals surface area contributed by atoms with Gasteiger partial charge in [-0.2, -0.15) is 0 Å². The van der Waals surface area contributed by atoms with Gasteiger partial charge in [0.15, 0.2) is 11.3 Å². The molecule has 0 spiro atoms. The van der Waals surface area contributed by atoms with Crippen molar-refractivity contribution in [2.24, 2.45) is 0 Å². The van der Waals surface area contributed by atoms with Crippen molar-refractivity contribution in [2.75, 3.05) is 31.1 Å². The normalized spacial score (nSPS) is 14.6. The number of rotatable bonds is 3. The van der Waals surface area contributed by atoms with Crippen molar-refractivity contribution in [1.29, 1.82) is 0 Å². The molecule has 27 heavy (non-hydrogen) atoms. The summed E-state index contributed by atoms with van der Waals surface area (Å²) in [7, 11) is 0. The number of nitro groups is 1. The first-order valence-corrected chi connectivity index (χ1v) is 8.67. The van der Waals surface area contributed by atoms with Gasteiger partial charge in [0.25, 0.3) is 11.6 Å². The van der Waals surface area contributed by atoms with Crippen LogP contribution in [0.3, 0.4) is 0 Å². The highest BCUT2D eigenvalue weighted by molar-refractivity contribution is 5.95. The molecule has 0 bridgehead atoms. The SMILES string of the molecule is Cc1ccc2oc(C(=O)N3CCN(c4ccc([N+](=O)[O-])cc4)CC3)cc2n1. The predicted octanol–water partition coefficient (Wildman–Crippen LogP) is 3.01. The molecule has 1 aliphatic heterocycles. The summed E-state index contributed by atoms with van der Waals surface area (Å²) >= 11 is 0. The fourth-order valence-corrected chi connectivity index (χ4v) is 3.24. The van der Waals surface area contributed by atoms with E-state index >= 15 is 0 Å². The Balaban J connectivity index is 1.43. The summed E-state index contributed by atoms with van der Waals surface area (Å²) in [5.41, 5.74) is 3.15. The summed E-state index contributed by atoms with van der Waals surface area (Å²) in [5.74, 6) is 0.154. The lowest BCUT2D eigenvalue weighted by Gasteiger charge is -2.35. The quantitative estimate of drug-likeness (QED) is 0.523. The van der Waals surface area contributed by atoms with Crippen LogP contribution in [0.2, 0.25) is 0 Å². The third-order valence-electron chi connectivity index (χ3n) is 4.72. The van der Waals surface area contributed by atoms with E-state index in [-0.39, 0.29) is 11.6 Å². The first kappa shape index (κ1) is 17.0. The monoisotopic (exact) mass is 366 g/mol. The Hall–Kier alpha value is -3.42. The highest BCUT2D eigenvalue weighted by atomic mass is 16.6. The van der Waals surface area contributed by atoms with Crippen LogP contribution in [-0.4, -0.2) is 46.9 Å². The maximum atomic E-state index is 12.7. The van der Waals surface area contributed by atoms with Crippen LogP contribution in [0.25, 0.3) is 11.1 Å². The second kappa shape index (κ2) is 6.71. The number of nitrogens with zero attached hydrogens (tertiary/aromatic N) is 4. The van der Waals surface area contributed by atoms with Gasteiger partial charge in [0.05, 0.1) is 4.92 Å². The molecule has 3 heterocycles. The largest absolute Gasteiger partial charge is 0.449 e.